The van der Waals surface area contributed by atoms with Gasteiger partial charge in [-0.25, -0.2) is 0 Å². The molecule has 0 radical (unpaired) electrons. The Morgan fingerprint density at radius 1 is 1.22 bits per heavy atom. The Hall–Kier alpha value is -0.940. The van der Waals surface area contributed by atoms with Gasteiger partial charge in [0.05, 0.1) is 12.2 Å². The first-order valence-corrected chi connectivity index (χ1v) is 13.1. The van der Waals surface area contributed by atoms with Gasteiger partial charge >= 0.3 is 0 Å². The van der Waals surface area contributed by atoms with Gasteiger partial charge in [-0.05, 0) is 86.8 Å². The van der Waals surface area contributed by atoms with E-state index in [-0.39, 0.29) is 0 Å². The van der Waals surface area contributed by atoms with E-state index in [2.05, 4.69) is 56.3 Å². The van der Waals surface area contributed by atoms with E-state index in [0.29, 0.717) is 30.2 Å². The largest absolute Gasteiger partial charge is 0.393 e. The molecular weight excluding hydrogens is 396 g/mol. The van der Waals surface area contributed by atoms with Crippen LogP contribution in [0, 0.1) is 23.2 Å². The fourth-order valence-corrected chi connectivity index (χ4v) is 7.62. The van der Waals surface area contributed by atoms with Crippen molar-refractivity contribution < 1.29 is 10.2 Å². The molecule has 1 saturated heterocycles. The van der Waals surface area contributed by atoms with E-state index in [1.807, 2.05) is 0 Å². The van der Waals surface area contributed by atoms with Crippen molar-refractivity contribution >= 4 is 0 Å². The number of likely N-dealkylation sites (N-methyl/N-ethyl adjacent to an activating group) is 1. The highest BCUT2D eigenvalue weighted by atomic mass is 16.3. The van der Waals surface area contributed by atoms with E-state index < -0.39 is 12.2 Å². The van der Waals surface area contributed by atoms with Crippen LogP contribution in [0.1, 0.15) is 65.7 Å². The lowest BCUT2D eigenvalue weighted by Crippen LogP contribution is -2.52. The van der Waals surface area contributed by atoms with Crippen molar-refractivity contribution in [3.8, 4) is 0 Å². The summed E-state index contributed by atoms with van der Waals surface area (Å²) in [5.41, 5.74) is 3.82. The topological polar surface area (TPSA) is 46.9 Å². The maximum absolute atomic E-state index is 10.2. The van der Waals surface area contributed by atoms with Crippen LogP contribution >= 0.6 is 0 Å². The van der Waals surface area contributed by atoms with Crippen LogP contribution in [0.2, 0.25) is 0 Å². The Balaban J connectivity index is 1.46. The lowest BCUT2D eigenvalue weighted by Gasteiger charge is -2.46. The van der Waals surface area contributed by atoms with Gasteiger partial charge in [0, 0.05) is 38.6 Å². The van der Waals surface area contributed by atoms with Gasteiger partial charge in [-0.2, -0.15) is 0 Å². The molecule has 0 aromatic heterocycles. The third-order valence-corrected chi connectivity index (χ3v) is 9.48. The van der Waals surface area contributed by atoms with Gasteiger partial charge in [-0.1, -0.05) is 38.2 Å². The van der Waals surface area contributed by atoms with Crippen molar-refractivity contribution in [2.45, 2.75) is 84.0 Å². The van der Waals surface area contributed by atoms with Crippen molar-refractivity contribution in [3.63, 3.8) is 0 Å². The molecule has 1 heterocycles. The predicted octanol–water partition coefficient (Wildman–Crippen LogP) is 4.40. The van der Waals surface area contributed by atoms with Crippen LogP contribution in [-0.4, -0.2) is 71.5 Å². The van der Waals surface area contributed by atoms with E-state index >= 15 is 0 Å². The third kappa shape index (κ3) is 4.80. The van der Waals surface area contributed by atoms with Crippen molar-refractivity contribution in [1.29, 1.82) is 0 Å². The fourth-order valence-electron chi connectivity index (χ4n) is 7.62. The Kier molecular flexibility index (Phi) is 7.36. The molecule has 0 aromatic carbocycles. The lowest BCUT2D eigenvalue weighted by molar-refractivity contribution is 0.0434. The maximum Gasteiger partial charge on any atom is 0.0811 e. The Bertz CT molecular complexity index is 759. The standard InChI is InChI=1S/C28H46N2O2/c1-19(17-30-14-13-29(5)18-20(30)2)25-10-11-26-22(7-6-12-28(25,26)4)8-9-23-15-24(31)16-27(32)21(23)3/h8-9,19-20,24-27,31-32H,3,6-7,10-18H2,1-2,4-5H3/b22-8+,23-9-/t19?,20-,24+,25+,26-,27-,28+/m0/s1. The van der Waals surface area contributed by atoms with Crippen LogP contribution in [0.25, 0.3) is 0 Å². The Morgan fingerprint density at radius 3 is 2.75 bits per heavy atom. The molecule has 0 spiro atoms. The van der Waals surface area contributed by atoms with Crippen LogP contribution in [0.5, 0.6) is 0 Å². The molecule has 4 aliphatic rings. The Morgan fingerprint density at radius 2 is 2.00 bits per heavy atom. The minimum Gasteiger partial charge on any atom is -0.393 e. The number of aliphatic hydroxyl groups is 2. The van der Waals surface area contributed by atoms with Gasteiger partial charge in [0.2, 0.25) is 0 Å². The highest BCUT2D eigenvalue weighted by Gasteiger charge is 2.50. The quantitative estimate of drug-likeness (QED) is 0.677. The number of rotatable bonds is 4. The second-order valence-electron chi connectivity index (χ2n) is 11.7. The second-order valence-corrected chi connectivity index (χ2v) is 11.7. The average Bonchev–Trinajstić information content (AvgIpc) is 3.09. The molecule has 3 aliphatic carbocycles. The molecule has 1 aliphatic heterocycles. The van der Waals surface area contributed by atoms with Gasteiger partial charge in [0.25, 0.3) is 0 Å². The van der Waals surface area contributed by atoms with E-state index in [0.717, 1.165) is 23.0 Å². The summed E-state index contributed by atoms with van der Waals surface area (Å²) in [5, 5.41) is 20.3. The molecule has 4 nitrogen and oxygen atoms in total. The molecule has 4 rings (SSSR count). The van der Waals surface area contributed by atoms with E-state index in [4.69, 9.17) is 0 Å². The van der Waals surface area contributed by atoms with Crippen LogP contribution in [-0.2, 0) is 0 Å². The van der Waals surface area contributed by atoms with Gasteiger partial charge < -0.3 is 15.1 Å². The van der Waals surface area contributed by atoms with Crippen molar-refractivity contribution in [2.24, 2.45) is 23.2 Å². The molecule has 2 N–H and O–H groups in total. The van der Waals surface area contributed by atoms with Gasteiger partial charge in [-0.15, -0.1) is 0 Å². The molecule has 1 unspecified atom stereocenters. The molecule has 0 bridgehead atoms. The van der Waals surface area contributed by atoms with Gasteiger partial charge in [0.15, 0.2) is 0 Å². The first kappa shape index (κ1) is 24.2. The molecule has 180 valence electrons. The van der Waals surface area contributed by atoms with E-state index in [9.17, 15) is 10.2 Å². The number of hydrogen-bond donors (Lipinski definition) is 2. The molecule has 32 heavy (non-hydrogen) atoms. The summed E-state index contributed by atoms with van der Waals surface area (Å²) < 4.78 is 0. The zero-order chi connectivity index (χ0) is 23.0. The zero-order valence-corrected chi connectivity index (χ0v) is 20.9. The normalized spacial score (nSPS) is 43.1. The minimum atomic E-state index is -0.603. The molecule has 7 atom stereocenters. The minimum absolute atomic E-state index is 0.403. The number of fused-ring (bicyclic) bond motifs is 1. The first-order chi connectivity index (χ1) is 15.2. The van der Waals surface area contributed by atoms with E-state index in [1.165, 1.54) is 58.3 Å². The highest BCUT2D eigenvalue weighted by Crippen LogP contribution is 2.59. The monoisotopic (exact) mass is 442 g/mol. The van der Waals surface area contributed by atoms with Crippen molar-refractivity contribution in [1.82, 2.24) is 9.80 Å². The predicted molar refractivity (Wildman–Crippen MR) is 132 cm³/mol. The van der Waals surface area contributed by atoms with E-state index in [1.54, 1.807) is 5.57 Å². The van der Waals surface area contributed by atoms with Gasteiger partial charge in [0.1, 0.15) is 0 Å². The molecule has 4 heteroatoms. The summed E-state index contributed by atoms with van der Waals surface area (Å²) >= 11 is 0. The van der Waals surface area contributed by atoms with Crippen LogP contribution in [0.3, 0.4) is 0 Å². The zero-order valence-electron chi connectivity index (χ0n) is 20.9. The van der Waals surface area contributed by atoms with Crippen molar-refractivity contribution in [3.05, 3.63) is 35.5 Å². The lowest BCUT2D eigenvalue weighted by atomic mass is 9.61. The fraction of sp³-hybridized carbons (Fsp3) is 0.786. The molecule has 4 fully saturated rings. The highest BCUT2D eigenvalue weighted by molar-refractivity contribution is 5.38. The van der Waals surface area contributed by atoms with Crippen LogP contribution < -0.4 is 0 Å². The third-order valence-electron chi connectivity index (χ3n) is 9.48. The van der Waals surface area contributed by atoms with Gasteiger partial charge in [-0.3, -0.25) is 4.90 Å². The maximum atomic E-state index is 10.2. The summed E-state index contributed by atoms with van der Waals surface area (Å²) in [6.45, 7) is 16.4. The van der Waals surface area contributed by atoms with Crippen LogP contribution in [0.4, 0.5) is 0 Å². The Labute approximate surface area is 196 Å². The SMILES string of the molecule is C=C1/C(=C\C=C2/CCC[C@]3(C)[C@@H](C(C)CN4CCN(C)C[C@@H]4C)CC[C@@H]23)C[C@@H](O)C[C@@H]1O. The number of nitrogens with zero attached hydrogens (tertiary/aromatic N) is 2. The molecule has 0 amide bonds. The summed E-state index contributed by atoms with van der Waals surface area (Å²) in [6, 6.07) is 0.656. The number of aliphatic hydroxyl groups excluding tert-OH is 2. The smallest absolute Gasteiger partial charge is 0.0811 e. The number of piperazine rings is 1. The summed E-state index contributed by atoms with van der Waals surface area (Å²) in [6.07, 6.45) is 11.0. The summed E-state index contributed by atoms with van der Waals surface area (Å²) in [4.78, 5) is 5.20. The summed E-state index contributed by atoms with van der Waals surface area (Å²) in [7, 11) is 2.25. The molecule has 3 saturated carbocycles. The first-order valence-electron chi connectivity index (χ1n) is 13.1. The molecule has 0 aromatic rings. The second kappa shape index (κ2) is 9.74. The number of hydrogen-bond acceptors (Lipinski definition) is 4. The molecular formula is C28H46N2O2. The summed E-state index contributed by atoms with van der Waals surface area (Å²) in [5.74, 6) is 2.21. The van der Waals surface area contributed by atoms with Crippen LogP contribution in [0.15, 0.2) is 35.5 Å². The average molecular weight is 443 g/mol. The van der Waals surface area contributed by atoms with Crippen molar-refractivity contribution in [2.75, 3.05) is 33.2 Å². The number of allylic oxidation sites excluding steroid dienone is 3.